The lowest BCUT2D eigenvalue weighted by Crippen LogP contribution is -2.20. The highest BCUT2D eigenvalue weighted by molar-refractivity contribution is 5.92. The minimum Gasteiger partial charge on any atom is -0.481 e. The molecule has 0 bridgehead atoms. The van der Waals surface area contributed by atoms with Gasteiger partial charge in [0.25, 0.3) is 11.5 Å². The number of halogens is 1. The SMILES string of the molecule is Cn1nc(-c2ccc(NC(=O)COc3ccccc3F)cc2)ccc1=O. The van der Waals surface area contributed by atoms with Crippen LogP contribution in [0.5, 0.6) is 5.75 Å². The standard InChI is InChI=1S/C19H16FN3O3/c1-23-19(25)11-10-16(22-23)13-6-8-14(9-7-13)21-18(24)12-26-17-5-3-2-4-15(17)20/h2-11H,12H2,1H3,(H,21,24). The van der Waals surface area contributed by atoms with Gasteiger partial charge in [-0.2, -0.15) is 5.10 Å². The van der Waals surface area contributed by atoms with E-state index in [1.165, 1.54) is 22.9 Å². The number of ether oxygens (including phenoxy) is 1. The van der Waals surface area contributed by atoms with Gasteiger partial charge in [0.15, 0.2) is 18.2 Å². The van der Waals surface area contributed by atoms with Crippen molar-refractivity contribution in [2.24, 2.45) is 7.05 Å². The van der Waals surface area contributed by atoms with Crippen LogP contribution in [-0.4, -0.2) is 22.3 Å². The fraction of sp³-hybridized carbons (Fsp3) is 0.105. The molecular weight excluding hydrogens is 337 g/mol. The Morgan fingerprint density at radius 3 is 2.54 bits per heavy atom. The summed E-state index contributed by atoms with van der Waals surface area (Å²) < 4.78 is 19.9. The van der Waals surface area contributed by atoms with Crippen LogP contribution in [0.25, 0.3) is 11.3 Å². The van der Waals surface area contributed by atoms with Crippen molar-refractivity contribution in [3.63, 3.8) is 0 Å². The Labute approximate surface area is 148 Å². The molecule has 0 aliphatic heterocycles. The number of aryl methyl sites for hydroxylation is 1. The Morgan fingerprint density at radius 2 is 1.85 bits per heavy atom. The highest BCUT2D eigenvalue weighted by Gasteiger charge is 2.07. The van der Waals surface area contributed by atoms with E-state index in [0.29, 0.717) is 11.4 Å². The van der Waals surface area contributed by atoms with Gasteiger partial charge in [-0.3, -0.25) is 9.59 Å². The number of anilines is 1. The van der Waals surface area contributed by atoms with Crippen molar-refractivity contribution in [3.8, 4) is 17.0 Å². The Kier molecular flexibility index (Phi) is 5.07. The molecule has 1 aromatic heterocycles. The minimum atomic E-state index is -0.519. The summed E-state index contributed by atoms with van der Waals surface area (Å²) >= 11 is 0. The summed E-state index contributed by atoms with van der Waals surface area (Å²) in [5.41, 5.74) is 1.84. The van der Waals surface area contributed by atoms with Crippen molar-refractivity contribution in [3.05, 3.63) is 76.8 Å². The van der Waals surface area contributed by atoms with Gasteiger partial charge < -0.3 is 10.1 Å². The monoisotopic (exact) mass is 353 g/mol. The maximum atomic E-state index is 13.4. The van der Waals surface area contributed by atoms with Crippen LogP contribution in [0.2, 0.25) is 0 Å². The zero-order valence-corrected chi connectivity index (χ0v) is 14.0. The predicted molar refractivity (Wildman–Crippen MR) is 95.4 cm³/mol. The average molecular weight is 353 g/mol. The number of para-hydroxylation sites is 1. The number of benzene rings is 2. The van der Waals surface area contributed by atoms with Crippen LogP contribution in [0.1, 0.15) is 0 Å². The molecule has 6 nitrogen and oxygen atoms in total. The number of nitrogens with one attached hydrogen (secondary N) is 1. The fourth-order valence-electron chi connectivity index (χ4n) is 2.28. The Morgan fingerprint density at radius 1 is 1.12 bits per heavy atom. The molecule has 26 heavy (non-hydrogen) atoms. The molecule has 3 aromatic rings. The zero-order chi connectivity index (χ0) is 18.5. The number of hydrogen-bond donors (Lipinski definition) is 1. The highest BCUT2D eigenvalue weighted by Crippen LogP contribution is 2.19. The molecule has 0 saturated heterocycles. The predicted octanol–water partition coefficient (Wildman–Crippen LogP) is 2.60. The van der Waals surface area contributed by atoms with Crippen molar-refractivity contribution < 1.29 is 13.9 Å². The van der Waals surface area contributed by atoms with Crippen LogP contribution >= 0.6 is 0 Å². The van der Waals surface area contributed by atoms with Gasteiger partial charge >= 0.3 is 0 Å². The van der Waals surface area contributed by atoms with Gasteiger partial charge in [-0.1, -0.05) is 24.3 Å². The van der Waals surface area contributed by atoms with Crippen LogP contribution in [0.4, 0.5) is 10.1 Å². The molecule has 0 radical (unpaired) electrons. The Balaban J connectivity index is 1.62. The second-order valence-corrected chi connectivity index (χ2v) is 5.53. The largest absolute Gasteiger partial charge is 0.481 e. The van der Waals surface area contributed by atoms with E-state index in [0.717, 1.165) is 5.56 Å². The third kappa shape index (κ3) is 4.13. The van der Waals surface area contributed by atoms with E-state index in [1.54, 1.807) is 49.5 Å². The quantitative estimate of drug-likeness (QED) is 0.765. The topological polar surface area (TPSA) is 73.2 Å². The summed E-state index contributed by atoms with van der Waals surface area (Å²) in [6.45, 7) is -0.301. The van der Waals surface area contributed by atoms with Gasteiger partial charge in [0.1, 0.15) is 0 Å². The lowest BCUT2D eigenvalue weighted by atomic mass is 10.1. The lowest BCUT2D eigenvalue weighted by Gasteiger charge is -2.09. The fourth-order valence-corrected chi connectivity index (χ4v) is 2.28. The Hall–Kier alpha value is -3.48. The van der Waals surface area contributed by atoms with E-state index >= 15 is 0 Å². The second-order valence-electron chi connectivity index (χ2n) is 5.53. The molecule has 1 N–H and O–H groups in total. The molecule has 0 unspecified atom stereocenters. The summed E-state index contributed by atoms with van der Waals surface area (Å²) in [5.74, 6) is -0.894. The third-order valence-corrected chi connectivity index (χ3v) is 3.62. The first-order chi connectivity index (χ1) is 12.5. The molecular formula is C19H16FN3O3. The maximum Gasteiger partial charge on any atom is 0.266 e. The number of carbonyl (C=O) groups is 1. The average Bonchev–Trinajstić information content (AvgIpc) is 2.64. The van der Waals surface area contributed by atoms with E-state index in [-0.39, 0.29) is 17.9 Å². The van der Waals surface area contributed by atoms with Gasteiger partial charge in [-0.05, 0) is 30.3 Å². The summed E-state index contributed by atoms with van der Waals surface area (Å²) in [6.07, 6.45) is 0. The maximum absolute atomic E-state index is 13.4. The molecule has 7 heteroatoms. The van der Waals surface area contributed by atoms with E-state index in [1.807, 2.05) is 0 Å². The Bertz CT molecular complexity index is 984. The molecule has 2 aromatic carbocycles. The van der Waals surface area contributed by atoms with Crippen molar-refractivity contribution >= 4 is 11.6 Å². The van der Waals surface area contributed by atoms with E-state index in [9.17, 15) is 14.0 Å². The summed E-state index contributed by atoms with van der Waals surface area (Å²) in [6, 6.07) is 15.9. The first-order valence-corrected chi connectivity index (χ1v) is 7.85. The van der Waals surface area contributed by atoms with E-state index in [4.69, 9.17) is 4.74 Å². The number of carbonyl (C=O) groups excluding carboxylic acids is 1. The molecule has 132 valence electrons. The van der Waals surface area contributed by atoms with E-state index < -0.39 is 11.7 Å². The van der Waals surface area contributed by atoms with Crippen molar-refractivity contribution in [1.82, 2.24) is 9.78 Å². The molecule has 3 rings (SSSR count). The lowest BCUT2D eigenvalue weighted by molar-refractivity contribution is -0.118. The van der Waals surface area contributed by atoms with Crippen LogP contribution in [0.15, 0.2) is 65.5 Å². The van der Waals surface area contributed by atoms with Crippen molar-refractivity contribution in [2.75, 3.05) is 11.9 Å². The van der Waals surface area contributed by atoms with Crippen molar-refractivity contribution in [2.45, 2.75) is 0 Å². The number of nitrogens with zero attached hydrogens (tertiary/aromatic N) is 2. The van der Waals surface area contributed by atoms with E-state index in [2.05, 4.69) is 10.4 Å². The molecule has 0 saturated carbocycles. The first-order valence-electron chi connectivity index (χ1n) is 7.85. The van der Waals surface area contributed by atoms with Crippen molar-refractivity contribution in [1.29, 1.82) is 0 Å². The molecule has 0 fully saturated rings. The molecule has 0 aliphatic carbocycles. The second kappa shape index (κ2) is 7.60. The molecule has 1 heterocycles. The van der Waals surface area contributed by atoms with Crippen LogP contribution in [0.3, 0.4) is 0 Å². The van der Waals surface area contributed by atoms with Crippen LogP contribution in [0, 0.1) is 5.82 Å². The number of rotatable bonds is 5. The van der Waals surface area contributed by atoms with Gasteiger partial charge in [-0.25, -0.2) is 9.07 Å². The van der Waals surface area contributed by atoms with Crippen LogP contribution in [-0.2, 0) is 11.8 Å². The number of amides is 1. The highest BCUT2D eigenvalue weighted by atomic mass is 19.1. The van der Waals surface area contributed by atoms with Gasteiger partial charge in [0, 0.05) is 24.4 Å². The first kappa shape index (κ1) is 17.3. The number of hydrogen-bond acceptors (Lipinski definition) is 4. The molecule has 0 aliphatic rings. The zero-order valence-electron chi connectivity index (χ0n) is 14.0. The normalized spacial score (nSPS) is 10.4. The molecule has 1 amide bonds. The van der Waals surface area contributed by atoms with Gasteiger partial charge in [-0.15, -0.1) is 0 Å². The third-order valence-electron chi connectivity index (χ3n) is 3.62. The summed E-state index contributed by atoms with van der Waals surface area (Å²) in [7, 11) is 1.58. The summed E-state index contributed by atoms with van der Waals surface area (Å²) in [4.78, 5) is 23.3. The summed E-state index contributed by atoms with van der Waals surface area (Å²) in [5, 5.41) is 6.83. The van der Waals surface area contributed by atoms with Gasteiger partial charge in [0.05, 0.1) is 5.69 Å². The number of aromatic nitrogens is 2. The van der Waals surface area contributed by atoms with Crippen LogP contribution < -0.4 is 15.6 Å². The van der Waals surface area contributed by atoms with Gasteiger partial charge in [0.2, 0.25) is 0 Å². The minimum absolute atomic E-state index is 0.0266. The smallest absolute Gasteiger partial charge is 0.266 e. The molecule has 0 spiro atoms. The molecule has 0 atom stereocenters.